The largest absolute Gasteiger partial charge is 0.369 e. The lowest BCUT2D eigenvalue weighted by molar-refractivity contribution is 1.05. The molecule has 0 aliphatic rings. The van der Waals surface area contributed by atoms with Crippen molar-refractivity contribution < 1.29 is 0 Å². The smallest absolute Gasteiger partial charge is 0.252 e. The van der Waals surface area contributed by atoms with Gasteiger partial charge in [-0.25, -0.2) is 4.98 Å². The monoisotopic (exact) mass is 321 g/mol. The van der Waals surface area contributed by atoms with Crippen molar-refractivity contribution in [2.24, 2.45) is 10.7 Å². The molecule has 0 atom stereocenters. The summed E-state index contributed by atoms with van der Waals surface area (Å²) in [6.45, 7) is 1.71. The van der Waals surface area contributed by atoms with Crippen LogP contribution in [-0.2, 0) is 0 Å². The molecule has 1 aromatic carbocycles. The highest BCUT2D eigenvalue weighted by Gasteiger charge is 1.99. The molecular weight excluding hydrogens is 310 g/mol. The van der Waals surface area contributed by atoms with Crippen LogP contribution in [0.15, 0.2) is 44.6 Å². The molecule has 0 saturated heterocycles. The molecule has 0 unspecified atom stereocenters. The van der Waals surface area contributed by atoms with Gasteiger partial charge in [-0.15, -0.1) is 0 Å². The van der Waals surface area contributed by atoms with Gasteiger partial charge in [0, 0.05) is 21.9 Å². The van der Waals surface area contributed by atoms with E-state index >= 15 is 0 Å². The van der Waals surface area contributed by atoms with E-state index in [1.807, 2.05) is 24.3 Å². The molecule has 7 heteroatoms. The molecule has 0 spiro atoms. The van der Waals surface area contributed by atoms with Gasteiger partial charge in [-0.2, -0.15) is 4.99 Å². The summed E-state index contributed by atoms with van der Waals surface area (Å²) >= 11 is 3.34. The molecule has 1 aromatic heterocycles. The van der Waals surface area contributed by atoms with E-state index < -0.39 is 0 Å². The number of aromatic nitrogens is 2. The number of aliphatic imine (C=N–C) groups is 1. The first kappa shape index (κ1) is 13.3. The maximum absolute atomic E-state index is 11.3. The lowest BCUT2D eigenvalue weighted by Gasteiger charge is -2.05. The Morgan fingerprint density at radius 3 is 2.74 bits per heavy atom. The topological polar surface area (TPSA) is 96.2 Å². The standard InChI is InChI=1S/C12H12BrN5O/c1-7-6-10(19)17-12(15-7)18-11(14)16-9-4-2-8(13)3-5-9/h2-6H,1H3,(H4,14,15,16,17,18,19). The van der Waals surface area contributed by atoms with Gasteiger partial charge in [-0.3, -0.25) is 9.78 Å². The van der Waals surface area contributed by atoms with E-state index in [4.69, 9.17) is 5.73 Å². The Hall–Kier alpha value is -2.15. The minimum atomic E-state index is -0.261. The lowest BCUT2D eigenvalue weighted by atomic mass is 10.3. The number of benzene rings is 1. The number of rotatable bonds is 2. The zero-order valence-corrected chi connectivity index (χ0v) is 11.7. The van der Waals surface area contributed by atoms with Gasteiger partial charge in [0.25, 0.3) is 5.56 Å². The summed E-state index contributed by atoms with van der Waals surface area (Å²) in [6.07, 6.45) is 0. The third-order valence-corrected chi connectivity index (χ3v) is 2.73. The van der Waals surface area contributed by atoms with Gasteiger partial charge in [-0.1, -0.05) is 15.9 Å². The fourth-order valence-corrected chi connectivity index (χ4v) is 1.70. The summed E-state index contributed by atoms with van der Waals surface area (Å²) in [4.78, 5) is 21.8. The highest BCUT2D eigenvalue weighted by atomic mass is 79.9. The molecule has 0 aliphatic heterocycles. The second-order valence-electron chi connectivity index (χ2n) is 3.84. The van der Waals surface area contributed by atoms with Crippen LogP contribution < -0.4 is 16.6 Å². The Morgan fingerprint density at radius 2 is 2.11 bits per heavy atom. The summed E-state index contributed by atoms with van der Waals surface area (Å²) in [5.41, 5.74) is 6.85. The molecule has 0 amide bonds. The maximum atomic E-state index is 11.3. The van der Waals surface area contributed by atoms with Crippen molar-refractivity contribution in [2.45, 2.75) is 6.92 Å². The summed E-state index contributed by atoms with van der Waals surface area (Å²) in [6, 6.07) is 8.83. The minimum Gasteiger partial charge on any atom is -0.369 e. The Bertz CT molecular complexity index is 663. The number of aryl methyl sites for hydroxylation is 1. The van der Waals surface area contributed by atoms with Crippen LogP contribution in [0, 0.1) is 6.92 Å². The van der Waals surface area contributed by atoms with Crippen LogP contribution in [0.3, 0.4) is 0 Å². The fraction of sp³-hybridized carbons (Fsp3) is 0.0833. The van der Waals surface area contributed by atoms with E-state index in [0.717, 1.165) is 10.2 Å². The number of guanidine groups is 1. The molecule has 0 radical (unpaired) electrons. The molecule has 0 fully saturated rings. The SMILES string of the molecule is Cc1cc(=O)[nH]c(/N=C(\N)Nc2ccc(Br)cc2)n1. The highest BCUT2D eigenvalue weighted by Crippen LogP contribution is 2.14. The van der Waals surface area contributed by atoms with Gasteiger partial charge in [-0.05, 0) is 31.2 Å². The molecule has 4 N–H and O–H groups in total. The number of H-pyrrole nitrogens is 1. The van der Waals surface area contributed by atoms with Gasteiger partial charge < -0.3 is 11.1 Å². The first-order valence-electron chi connectivity index (χ1n) is 5.47. The van der Waals surface area contributed by atoms with Crippen LogP contribution >= 0.6 is 15.9 Å². The number of hydrogen-bond acceptors (Lipinski definition) is 3. The van der Waals surface area contributed by atoms with Crippen molar-refractivity contribution in [2.75, 3.05) is 5.32 Å². The summed E-state index contributed by atoms with van der Waals surface area (Å²) in [5.74, 6) is 0.322. The number of anilines is 1. The van der Waals surface area contributed by atoms with Crippen molar-refractivity contribution in [3.05, 3.63) is 50.9 Å². The molecular formula is C12H12BrN5O. The van der Waals surface area contributed by atoms with Crippen LogP contribution in [-0.4, -0.2) is 15.9 Å². The minimum absolute atomic E-state index is 0.149. The van der Waals surface area contributed by atoms with Crippen LogP contribution in [0.4, 0.5) is 11.6 Å². The molecule has 0 aliphatic carbocycles. The van der Waals surface area contributed by atoms with E-state index in [0.29, 0.717) is 5.69 Å². The quantitative estimate of drug-likeness (QED) is 0.581. The van der Waals surface area contributed by atoms with Crippen molar-refractivity contribution in [1.82, 2.24) is 9.97 Å². The van der Waals surface area contributed by atoms with Gasteiger partial charge in [0.1, 0.15) is 0 Å². The number of nitrogens with zero attached hydrogens (tertiary/aromatic N) is 2. The molecule has 1 heterocycles. The van der Waals surface area contributed by atoms with Crippen molar-refractivity contribution in [3.63, 3.8) is 0 Å². The number of hydrogen-bond donors (Lipinski definition) is 3. The highest BCUT2D eigenvalue weighted by molar-refractivity contribution is 9.10. The second kappa shape index (κ2) is 5.66. The van der Waals surface area contributed by atoms with E-state index in [9.17, 15) is 4.79 Å². The van der Waals surface area contributed by atoms with Crippen molar-refractivity contribution in [3.8, 4) is 0 Å². The molecule has 0 bridgehead atoms. The molecule has 19 heavy (non-hydrogen) atoms. The summed E-state index contributed by atoms with van der Waals surface area (Å²) in [5, 5.41) is 2.90. The normalized spacial score (nSPS) is 11.4. The predicted octanol–water partition coefficient (Wildman–Crippen LogP) is 1.90. The van der Waals surface area contributed by atoms with Crippen LogP contribution in [0.1, 0.15) is 5.69 Å². The zero-order chi connectivity index (χ0) is 13.8. The van der Waals surface area contributed by atoms with Crippen LogP contribution in [0.5, 0.6) is 0 Å². The Balaban J connectivity index is 2.18. The zero-order valence-electron chi connectivity index (χ0n) is 10.1. The fourth-order valence-electron chi connectivity index (χ4n) is 1.44. The second-order valence-corrected chi connectivity index (χ2v) is 4.75. The van der Waals surface area contributed by atoms with Crippen LogP contribution in [0.25, 0.3) is 0 Å². The third kappa shape index (κ3) is 3.92. The number of nitrogens with two attached hydrogens (primary N) is 1. The van der Waals surface area contributed by atoms with Crippen LogP contribution in [0.2, 0.25) is 0 Å². The number of halogens is 1. The Morgan fingerprint density at radius 1 is 1.42 bits per heavy atom. The molecule has 98 valence electrons. The van der Waals surface area contributed by atoms with Gasteiger partial charge >= 0.3 is 0 Å². The average molecular weight is 322 g/mol. The number of aromatic amines is 1. The van der Waals surface area contributed by atoms with E-state index in [1.165, 1.54) is 6.07 Å². The van der Waals surface area contributed by atoms with Gasteiger partial charge in [0.15, 0.2) is 0 Å². The Labute approximate surface area is 117 Å². The molecule has 2 aromatic rings. The molecule has 0 saturated carbocycles. The lowest BCUT2D eigenvalue weighted by Crippen LogP contribution is -2.22. The van der Waals surface area contributed by atoms with Gasteiger partial charge in [0.05, 0.1) is 0 Å². The van der Waals surface area contributed by atoms with E-state index in [2.05, 4.69) is 36.2 Å². The van der Waals surface area contributed by atoms with E-state index in [-0.39, 0.29) is 17.5 Å². The summed E-state index contributed by atoms with van der Waals surface area (Å²) < 4.78 is 0.971. The predicted molar refractivity (Wildman–Crippen MR) is 78.6 cm³/mol. The van der Waals surface area contributed by atoms with Crippen molar-refractivity contribution >= 4 is 33.5 Å². The van der Waals surface area contributed by atoms with Gasteiger partial charge in [0.2, 0.25) is 11.9 Å². The van der Waals surface area contributed by atoms with E-state index in [1.54, 1.807) is 6.92 Å². The molecule has 2 rings (SSSR count). The molecule has 6 nitrogen and oxygen atoms in total. The number of nitrogens with one attached hydrogen (secondary N) is 2. The first-order chi connectivity index (χ1) is 9.02. The summed E-state index contributed by atoms with van der Waals surface area (Å²) in [7, 11) is 0. The first-order valence-corrected chi connectivity index (χ1v) is 6.27. The van der Waals surface area contributed by atoms with Crippen molar-refractivity contribution in [1.29, 1.82) is 0 Å². The average Bonchev–Trinajstić information content (AvgIpc) is 2.30. The Kier molecular flexibility index (Phi) is 3.96. The maximum Gasteiger partial charge on any atom is 0.252 e. The third-order valence-electron chi connectivity index (χ3n) is 2.20.